The molecule has 0 amide bonds. The molecule has 4 aromatic rings. The molecule has 3 aromatic heterocycles. The normalized spacial score (nSPS) is 12.2. The van der Waals surface area contributed by atoms with Crippen molar-refractivity contribution in [2.24, 2.45) is 0 Å². The van der Waals surface area contributed by atoms with E-state index in [0.29, 0.717) is 0 Å². The summed E-state index contributed by atoms with van der Waals surface area (Å²) in [5.41, 5.74) is 3.42. The van der Waals surface area contributed by atoms with Crippen LogP contribution in [0.4, 0.5) is 5.82 Å². The maximum Gasteiger partial charge on any atom is 0.153 e. The van der Waals surface area contributed by atoms with E-state index >= 15 is 0 Å². The van der Waals surface area contributed by atoms with E-state index in [-0.39, 0.29) is 6.04 Å². The summed E-state index contributed by atoms with van der Waals surface area (Å²) < 4.78 is 2.75. The SMILES string of the molecule is Brc1cnn2ccnc(NC(Cc3ccccc3)Cc3cccnc3)c12. The van der Waals surface area contributed by atoms with Gasteiger partial charge in [0.2, 0.25) is 0 Å². The van der Waals surface area contributed by atoms with Crippen molar-refractivity contribution >= 4 is 27.3 Å². The van der Waals surface area contributed by atoms with Gasteiger partial charge in [-0.1, -0.05) is 36.4 Å². The summed E-state index contributed by atoms with van der Waals surface area (Å²) in [5.74, 6) is 0.821. The van der Waals surface area contributed by atoms with Crippen molar-refractivity contribution < 1.29 is 0 Å². The molecule has 6 heteroatoms. The first-order valence-electron chi connectivity index (χ1n) is 8.47. The fourth-order valence-corrected chi connectivity index (χ4v) is 3.54. The lowest BCUT2D eigenvalue weighted by Crippen LogP contribution is -2.26. The molecule has 1 aromatic carbocycles. The first kappa shape index (κ1) is 16.7. The zero-order valence-corrected chi connectivity index (χ0v) is 15.7. The number of anilines is 1. The molecule has 3 heterocycles. The third-order valence-corrected chi connectivity index (χ3v) is 4.84. The maximum absolute atomic E-state index is 4.55. The van der Waals surface area contributed by atoms with Crippen molar-refractivity contribution in [3.63, 3.8) is 0 Å². The molecule has 1 N–H and O–H groups in total. The number of fused-ring (bicyclic) bond motifs is 1. The molecule has 130 valence electrons. The van der Waals surface area contributed by atoms with Gasteiger partial charge in [-0.2, -0.15) is 5.10 Å². The Labute approximate surface area is 160 Å². The predicted molar refractivity (Wildman–Crippen MR) is 106 cm³/mol. The van der Waals surface area contributed by atoms with Gasteiger partial charge in [-0.05, 0) is 46.0 Å². The largest absolute Gasteiger partial charge is 0.365 e. The van der Waals surface area contributed by atoms with Crippen molar-refractivity contribution in [2.45, 2.75) is 18.9 Å². The summed E-state index contributed by atoms with van der Waals surface area (Å²) in [7, 11) is 0. The molecule has 5 nitrogen and oxygen atoms in total. The number of benzene rings is 1. The number of hydrogen-bond acceptors (Lipinski definition) is 4. The van der Waals surface area contributed by atoms with E-state index in [1.165, 1.54) is 11.1 Å². The van der Waals surface area contributed by atoms with Gasteiger partial charge >= 0.3 is 0 Å². The standard InChI is InChI=1S/C20H18BrN5/c21-18-14-24-26-10-9-23-20(19(18)26)25-17(11-15-5-2-1-3-6-15)12-16-7-4-8-22-13-16/h1-10,13-14,17H,11-12H2,(H,23,25). The van der Waals surface area contributed by atoms with Gasteiger partial charge in [0, 0.05) is 30.8 Å². The van der Waals surface area contributed by atoms with E-state index in [0.717, 1.165) is 28.6 Å². The van der Waals surface area contributed by atoms with E-state index < -0.39 is 0 Å². The first-order chi connectivity index (χ1) is 12.8. The van der Waals surface area contributed by atoms with Gasteiger partial charge in [0.1, 0.15) is 5.52 Å². The lowest BCUT2D eigenvalue weighted by atomic mass is 10.00. The van der Waals surface area contributed by atoms with Crippen molar-refractivity contribution in [2.75, 3.05) is 5.32 Å². The van der Waals surface area contributed by atoms with Gasteiger partial charge < -0.3 is 5.32 Å². The van der Waals surface area contributed by atoms with Crippen molar-refractivity contribution in [3.8, 4) is 0 Å². The van der Waals surface area contributed by atoms with E-state index in [1.54, 1.807) is 18.6 Å². The highest BCUT2D eigenvalue weighted by molar-refractivity contribution is 9.10. The third kappa shape index (κ3) is 3.75. The van der Waals surface area contributed by atoms with E-state index in [2.05, 4.69) is 66.6 Å². The number of nitrogens with zero attached hydrogens (tertiary/aromatic N) is 4. The van der Waals surface area contributed by atoms with Gasteiger partial charge in [-0.3, -0.25) is 4.98 Å². The summed E-state index contributed by atoms with van der Waals surface area (Å²) in [6.07, 6.45) is 10.9. The Hall–Kier alpha value is -2.73. The Bertz CT molecular complexity index is 943. The van der Waals surface area contributed by atoms with Crippen molar-refractivity contribution in [3.05, 3.63) is 89.0 Å². The van der Waals surface area contributed by atoms with Crippen LogP contribution in [0.2, 0.25) is 0 Å². The Balaban J connectivity index is 1.64. The molecule has 0 aliphatic carbocycles. The number of nitrogens with one attached hydrogen (secondary N) is 1. The van der Waals surface area contributed by atoms with E-state index in [1.807, 2.05) is 29.0 Å². The number of aromatic nitrogens is 4. The van der Waals surface area contributed by atoms with Crippen molar-refractivity contribution in [1.82, 2.24) is 19.6 Å². The quantitative estimate of drug-likeness (QED) is 0.521. The Morgan fingerprint density at radius 1 is 0.962 bits per heavy atom. The van der Waals surface area contributed by atoms with E-state index in [9.17, 15) is 0 Å². The van der Waals surface area contributed by atoms with Gasteiger partial charge in [0.25, 0.3) is 0 Å². The number of rotatable bonds is 6. The molecule has 0 bridgehead atoms. The van der Waals surface area contributed by atoms with Crippen LogP contribution in [-0.2, 0) is 12.8 Å². The average Bonchev–Trinajstić information content (AvgIpc) is 3.05. The van der Waals surface area contributed by atoms with Crippen LogP contribution >= 0.6 is 15.9 Å². The Morgan fingerprint density at radius 2 is 1.77 bits per heavy atom. The van der Waals surface area contributed by atoms with Gasteiger partial charge in [-0.25, -0.2) is 9.50 Å². The Kier molecular flexibility index (Phi) is 4.93. The minimum absolute atomic E-state index is 0.182. The number of halogens is 1. The lowest BCUT2D eigenvalue weighted by molar-refractivity contribution is 0.704. The fraction of sp³-hybridized carbons (Fsp3) is 0.150. The van der Waals surface area contributed by atoms with Crippen LogP contribution in [0.3, 0.4) is 0 Å². The molecule has 1 atom stereocenters. The molecule has 0 fully saturated rings. The fourth-order valence-electron chi connectivity index (χ4n) is 3.08. The zero-order valence-electron chi connectivity index (χ0n) is 14.1. The molecule has 0 aliphatic rings. The third-order valence-electron chi connectivity index (χ3n) is 4.26. The molecule has 4 rings (SSSR count). The minimum atomic E-state index is 0.182. The molecule has 0 saturated heterocycles. The molecule has 0 spiro atoms. The zero-order chi connectivity index (χ0) is 17.8. The summed E-state index contributed by atoms with van der Waals surface area (Å²) in [6.45, 7) is 0. The topological polar surface area (TPSA) is 55.1 Å². The van der Waals surface area contributed by atoms with Crippen molar-refractivity contribution in [1.29, 1.82) is 0 Å². The number of hydrogen-bond donors (Lipinski definition) is 1. The molecule has 0 radical (unpaired) electrons. The first-order valence-corrected chi connectivity index (χ1v) is 9.26. The molecular formula is C20H18BrN5. The van der Waals surface area contributed by atoms with Crippen LogP contribution in [0, 0.1) is 0 Å². The van der Waals surface area contributed by atoms with Crippen LogP contribution < -0.4 is 5.32 Å². The number of pyridine rings is 1. The van der Waals surface area contributed by atoms with Crippen LogP contribution in [0.15, 0.2) is 77.9 Å². The minimum Gasteiger partial charge on any atom is -0.365 e. The second-order valence-corrected chi connectivity index (χ2v) is 7.01. The highest BCUT2D eigenvalue weighted by Gasteiger charge is 2.15. The molecule has 0 aliphatic heterocycles. The van der Waals surface area contributed by atoms with Crippen LogP contribution in [0.25, 0.3) is 5.52 Å². The predicted octanol–water partition coefficient (Wildman–Crippen LogP) is 4.15. The molecular weight excluding hydrogens is 390 g/mol. The summed E-state index contributed by atoms with van der Waals surface area (Å²) >= 11 is 3.57. The van der Waals surface area contributed by atoms with Crippen LogP contribution in [0.1, 0.15) is 11.1 Å². The maximum atomic E-state index is 4.55. The van der Waals surface area contributed by atoms with Gasteiger partial charge in [0.05, 0.1) is 10.7 Å². The second-order valence-electron chi connectivity index (χ2n) is 6.16. The summed E-state index contributed by atoms with van der Waals surface area (Å²) in [5, 5.41) is 7.95. The average molecular weight is 408 g/mol. The molecule has 1 unspecified atom stereocenters. The smallest absolute Gasteiger partial charge is 0.153 e. The van der Waals surface area contributed by atoms with E-state index in [4.69, 9.17) is 0 Å². The Morgan fingerprint density at radius 3 is 2.58 bits per heavy atom. The summed E-state index contributed by atoms with van der Waals surface area (Å²) in [6, 6.07) is 14.8. The highest BCUT2D eigenvalue weighted by Crippen LogP contribution is 2.24. The highest BCUT2D eigenvalue weighted by atomic mass is 79.9. The molecule has 0 saturated carbocycles. The van der Waals surface area contributed by atoms with Crippen LogP contribution in [0.5, 0.6) is 0 Å². The second kappa shape index (κ2) is 7.66. The summed E-state index contributed by atoms with van der Waals surface area (Å²) in [4.78, 5) is 8.79. The van der Waals surface area contributed by atoms with Crippen LogP contribution in [-0.4, -0.2) is 25.6 Å². The lowest BCUT2D eigenvalue weighted by Gasteiger charge is -2.20. The molecule has 26 heavy (non-hydrogen) atoms. The monoisotopic (exact) mass is 407 g/mol. The van der Waals surface area contributed by atoms with Gasteiger partial charge in [0.15, 0.2) is 5.82 Å². The van der Waals surface area contributed by atoms with Gasteiger partial charge in [-0.15, -0.1) is 0 Å².